The number of nitrogen functional groups attached to an aromatic ring is 1. The molecule has 1 aliphatic rings. The number of hydrogen-bond acceptors (Lipinski definition) is 2. The number of thioether (sulfide) groups is 1. The van der Waals surface area contributed by atoms with Gasteiger partial charge in [0.2, 0.25) is 0 Å². The largest absolute Gasteiger partial charge is 0.398 e. The van der Waals surface area contributed by atoms with E-state index >= 15 is 0 Å². The first kappa shape index (κ1) is 13.3. The van der Waals surface area contributed by atoms with Crippen LogP contribution >= 0.6 is 11.8 Å². The number of nitrogens with two attached hydrogens (primary N) is 1. The Hall–Kier alpha value is -1.67. The second kappa shape index (κ2) is 5.37. The van der Waals surface area contributed by atoms with Gasteiger partial charge in [0.1, 0.15) is 0 Å². The summed E-state index contributed by atoms with van der Waals surface area (Å²) in [7, 11) is 0. The molecule has 3 rings (SSSR count). The Morgan fingerprint density at radius 2 is 1.75 bits per heavy atom. The van der Waals surface area contributed by atoms with Gasteiger partial charge in [-0.15, -0.1) is 11.8 Å². The van der Waals surface area contributed by atoms with Crippen molar-refractivity contribution in [3.05, 3.63) is 65.2 Å². The summed E-state index contributed by atoms with van der Waals surface area (Å²) in [6, 6.07) is 16.8. The normalized spacial score (nSPS) is 15.3. The van der Waals surface area contributed by atoms with Crippen LogP contribution in [0.3, 0.4) is 0 Å². The van der Waals surface area contributed by atoms with Crippen molar-refractivity contribution in [2.45, 2.75) is 30.4 Å². The maximum absolute atomic E-state index is 6.06. The average Bonchev–Trinajstić information content (AvgIpc) is 2.77. The predicted molar refractivity (Wildman–Crippen MR) is 88.9 cm³/mol. The third kappa shape index (κ3) is 2.36. The summed E-state index contributed by atoms with van der Waals surface area (Å²) >= 11 is 1.85. The molecule has 0 saturated carbocycles. The van der Waals surface area contributed by atoms with E-state index in [0.29, 0.717) is 5.25 Å². The van der Waals surface area contributed by atoms with E-state index < -0.39 is 0 Å². The topological polar surface area (TPSA) is 26.0 Å². The smallest absolute Gasteiger partial charge is 0.0452 e. The van der Waals surface area contributed by atoms with Crippen LogP contribution in [0.25, 0.3) is 5.57 Å². The van der Waals surface area contributed by atoms with Crippen molar-refractivity contribution < 1.29 is 0 Å². The molecule has 0 radical (unpaired) electrons. The maximum atomic E-state index is 6.06. The second-order valence-corrected chi connectivity index (χ2v) is 6.71. The van der Waals surface area contributed by atoms with Crippen LogP contribution < -0.4 is 5.73 Å². The van der Waals surface area contributed by atoms with Crippen LogP contribution in [-0.2, 0) is 6.42 Å². The molecule has 0 aliphatic heterocycles. The Balaban J connectivity index is 1.90. The fourth-order valence-corrected chi connectivity index (χ4v) is 4.14. The number of allylic oxidation sites excluding steroid dienone is 1. The highest BCUT2D eigenvalue weighted by molar-refractivity contribution is 8.00. The molecule has 102 valence electrons. The van der Waals surface area contributed by atoms with Gasteiger partial charge in [0.15, 0.2) is 0 Å². The SMILES string of the molecule is CC1=C(C(C)Sc2ccccc2N)c2ccccc2C1. The fraction of sp³-hybridized carbons (Fsp3) is 0.222. The van der Waals surface area contributed by atoms with E-state index in [1.807, 2.05) is 23.9 Å². The molecule has 2 heteroatoms. The molecular weight excluding hydrogens is 262 g/mol. The summed E-state index contributed by atoms with van der Waals surface area (Å²) in [6.45, 7) is 4.53. The lowest BCUT2D eigenvalue weighted by molar-refractivity contribution is 1.18. The predicted octanol–water partition coefficient (Wildman–Crippen LogP) is 4.78. The first-order valence-corrected chi connectivity index (χ1v) is 7.84. The molecule has 0 amide bonds. The lowest BCUT2D eigenvalue weighted by Gasteiger charge is -2.16. The first-order valence-electron chi connectivity index (χ1n) is 6.96. The molecule has 20 heavy (non-hydrogen) atoms. The van der Waals surface area contributed by atoms with Gasteiger partial charge in [-0.05, 0) is 49.1 Å². The monoisotopic (exact) mass is 281 g/mol. The Morgan fingerprint density at radius 1 is 1.05 bits per heavy atom. The zero-order valence-corrected chi connectivity index (χ0v) is 12.7. The highest BCUT2D eigenvalue weighted by Crippen LogP contribution is 2.42. The van der Waals surface area contributed by atoms with Crippen LogP contribution in [0.4, 0.5) is 5.69 Å². The van der Waals surface area contributed by atoms with Gasteiger partial charge >= 0.3 is 0 Å². The Morgan fingerprint density at radius 3 is 2.55 bits per heavy atom. The molecule has 0 aromatic heterocycles. The number of fused-ring (bicyclic) bond motifs is 1. The number of anilines is 1. The third-order valence-electron chi connectivity index (χ3n) is 3.85. The van der Waals surface area contributed by atoms with Crippen molar-refractivity contribution >= 4 is 23.0 Å². The van der Waals surface area contributed by atoms with Crippen molar-refractivity contribution in [3.63, 3.8) is 0 Å². The van der Waals surface area contributed by atoms with Gasteiger partial charge in [0.25, 0.3) is 0 Å². The molecule has 0 heterocycles. The molecule has 1 unspecified atom stereocenters. The molecule has 0 bridgehead atoms. The first-order chi connectivity index (χ1) is 9.66. The molecule has 2 aromatic carbocycles. The van der Waals surface area contributed by atoms with E-state index in [1.54, 1.807) is 0 Å². The molecule has 1 atom stereocenters. The zero-order valence-electron chi connectivity index (χ0n) is 11.9. The summed E-state index contributed by atoms with van der Waals surface area (Å²) in [6.07, 6.45) is 1.08. The average molecular weight is 281 g/mol. The van der Waals surface area contributed by atoms with Crippen LogP contribution in [-0.4, -0.2) is 5.25 Å². The van der Waals surface area contributed by atoms with Gasteiger partial charge in [0, 0.05) is 15.8 Å². The lowest BCUT2D eigenvalue weighted by atomic mass is 10.0. The van der Waals surface area contributed by atoms with E-state index in [4.69, 9.17) is 5.73 Å². The Labute approximate surface area is 124 Å². The number of hydrogen-bond donors (Lipinski definition) is 1. The molecule has 0 spiro atoms. The third-order valence-corrected chi connectivity index (χ3v) is 5.07. The van der Waals surface area contributed by atoms with Crippen molar-refractivity contribution in [1.82, 2.24) is 0 Å². The highest BCUT2D eigenvalue weighted by Gasteiger charge is 2.23. The van der Waals surface area contributed by atoms with E-state index in [0.717, 1.165) is 12.1 Å². The van der Waals surface area contributed by atoms with Crippen LogP contribution in [0.2, 0.25) is 0 Å². The maximum Gasteiger partial charge on any atom is 0.0452 e. The minimum Gasteiger partial charge on any atom is -0.398 e. The minimum atomic E-state index is 0.420. The van der Waals surface area contributed by atoms with Gasteiger partial charge in [0.05, 0.1) is 0 Å². The van der Waals surface area contributed by atoms with E-state index in [9.17, 15) is 0 Å². The minimum absolute atomic E-state index is 0.420. The highest BCUT2D eigenvalue weighted by atomic mass is 32.2. The quantitative estimate of drug-likeness (QED) is 0.647. The van der Waals surface area contributed by atoms with Crippen LogP contribution in [0.1, 0.15) is 25.0 Å². The Bertz CT molecular complexity index is 673. The second-order valence-electron chi connectivity index (χ2n) is 5.33. The van der Waals surface area contributed by atoms with Gasteiger partial charge in [-0.3, -0.25) is 0 Å². The summed E-state index contributed by atoms with van der Waals surface area (Å²) in [5.74, 6) is 0. The number of para-hydroxylation sites is 1. The summed E-state index contributed by atoms with van der Waals surface area (Å²) < 4.78 is 0. The van der Waals surface area contributed by atoms with E-state index in [1.165, 1.54) is 27.2 Å². The van der Waals surface area contributed by atoms with Crippen molar-refractivity contribution in [2.75, 3.05) is 5.73 Å². The molecular formula is C18H19NS. The molecule has 0 fully saturated rings. The molecule has 1 nitrogen and oxygen atoms in total. The van der Waals surface area contributed by atoms with E-state index in [2.05, 4.69) is 50.2 Å². The molecule has 2 aromatic rings. The standard InChI is InChI=1S/C18H19NS/c1-12-11-14-7-3-4-8-15(14)18(12)13(2)20-17-10-6-5-9-16(17)19/h3-10,13H,11,19H2,1-2H3. The summed E-state index contributed by atoms with van der Waals surface area (Å²) in [5, 5.41) is 0.420. The summed E-state index contributed by atoms with van der Waals surface area (Å²) in [5.41, 5.74) is 12.8. The van der Waals surface area contributed by atoms with Gasteiger partial charge in [-0.1, -0.05) is 42.0 Å². The lowest BCUT2D eigenvalue weighted by Crippen LogP contribution is -2.01. The van der Waals surface area contributed by atoms with Gasteiger partial charge < -0.3 is 5.73 Å². The van der Waals surface area contributed by atoms with Crippen LogP contribution in [0.15, 0.2) is 59.0 Å². The molecule has 1 aliphatic carbocycles. The number of rotatable bonds is 3. The molecule has 2 N–H and O–H groups in total. The van der Waals surface area contributed by atoms with Gasteiger partial charge in [-0.2, -0.15) is 0 Å². The van der Waals surface area contributed by atoms with Crippen molar-refractivity contribution in [3.8, 4) is 0 Å². The number of benzene rings is 2. The zero-order chi connectivity index (χ0) is 14.1. The van der Waals surface area contributed by atoms with Crippen LogP contribution in [0.5, 0.6) is 0 Å². The fourth-order valence-electron chi connectivity index (χ4n) is 2.95. The van der Waals surface area contributed by atoms with Crippen molar-refractivity contribution in [1.29, 1.82) is 0 Å². The van der Waals surface area contributed by atoms with Crippen molar-refractivity contribution in [2.24, 2.45) is 0 Å². The van der Waals surface area contributed by atoms with E-state index in [-0.39, 0.29) is 0 Å². The molecule has 0 saturated heterocycles. The summed E-state index contributed by atoms with van der Waals surface area (Å²) in [4.78, 5) is 1.17. The van der Waals surface area contributed by atoms with Crippen LogP contribution in [0, 0.1) is 0 Å². The van der Waals surface area contributed by atoms with Gasteiger partial charge in [-0.25, -0.2) is 0 Å². The Kier molecular flexibility index (Phi) is 3.58.